The van der Waals surface area contributed by atoms with Gasteiger partial charge < -0.3 is 20.3 Å². The molecule has 0 unspecified atom stereocenters. The maximum Gasteiger partial charge on any atom is 0.333 e. The lowest BCUT2D eigenvalue weighted by atomic mass is 10.1. The molecule has 12 heteroatoms. The van der Waals surface area contributed by atoms with Crippen molar-refractivity contribution in [2.75, 3.05) is 18.9 Å². The van der Waals surface area contributed by atoms with E-state index in [0.29, 0.717) is 4.34 Å². The fourth-order valence-corrected chi connectivity index (χ4v) is 4.81. The van der Waals surface area contributed by atoms with Gasteiger partial charge in [0.05, 0.1) is 39.6 Å². The fraction of sp³-hybridized carbons (Fsp3) is 0.167. The summed E-state index contributed by atoms with van der Waals surface area (Å²) in [6, 6.07) is 11.6. The van der Waals surface area contributed by atoms with Crippen LogP contribution in [0.4, 0.5) is 10.1 Å². The maximum atomic E-state index is 14.2. The predicted molar refractivity (Wildman–Crippen MR) is 136 cm³/mol. The van der Waals surface area contributed by atoms with Crippen molar-refractivity contribution < 1.29 is 19.1 Å². The highest BCUT2D eigenvalue weighted by molar-refractivity contribution is 7.16. The van der Waals surface area contributed by atoms with Crippen LogP contribution in [-0.4, -0.2) is 45.0 Å². The quantitative estimate of drug-likeness (QED) is 0.319. The zero-order valence-electron chi connectivity index (χ0n) is 18.9. The second-order valence-electron chi connectivity index (χ2n) is 7.82. The SMILES string of the molecule is CNc1cc2[nH]c(=O)n(-c3ccc(C(=O)N(CCC(=O)O)Cc4ccc(Cl)s4)cc3)c(=O)c2cc1F. The number of aromatic amines is 1. The van der Waals surface area contributed by atoms with E-state index in [2.05, 4.69) is 10.3 Å². The first-order valence-electron chi connectivity index (χ1n) is 10.7. The first-order valence-corrected chi connectivity index (χ1v) is 11.9. The average Bonchev–Trinajstić information content (AvgIpc) is 3.26. The number of carboxylic acid groups (broad SMARTS) is 1. The first kappa shape index (κ1) is 25.1. The van der Waals surface area contributed by atoms with Crippen molar-refractivity contribution in [3.05, 3.63) is 90.0 Å². The van der Waals surface area contributed by atoms with Gasteiger partial charge in [-0.15, -0.1) is 11.3 Å². The van der Waals surface area contributed by atoms with Crippen LogP contribution in [0.25, 0.3) is 16.6 Å². The number of carboxylic acids is 1. The molecular formula is C24H20ClFN4O5S. The number of aromatic nitrogens is 2. The average molecular weight is 531 g/mol. The summed E-state index contributed by atoms with van der Waals surface area (Å²) in [5.41, 5.74) is -0.705. The number of fused-ring (bicyclic) bond motifs is 1. The molecule has 0 spiro atoms. The number of carbonyl (C=O) groups is 2. The molecule has 4 rings (SSSR count). The molecule has 1 amide bonds. The van der Waals surface area contributed by atoms with Crippen molar-refractivity contribution in [3.63, 3.8) is 0 Å². The van der Waals surface area contributed by atoms with E-state index < -0.39 is 28.9 Å². The largest absolute Gasteiger partial charge is 0.481 e. The predicted octanol–water partition coefficient (Wildman–Crippen LogP) is 3.69. The minimum Gasteiger partial charge on any atom is -0.481 e. The van der Waals surface area contributed by atoms with Crippen molar-refractivity contribution >= 4 is 51.4 Å². The normalized spacial score (nSPS) is 11.0. The minimum atomic E-state index is -1.04. The molecule has 0 aliphatic carbocycles. The highest BCUT2D eigenvalue weighted by atomic mass is 35.5. The van der Waals surface area contributed by atoms with Crippen molar-refractivity contribution in [2.45, 2.75) is 13.0 Å². The number of carbonyl (C=O) groups excluding carboxylic acids is 1. The summed E-state index contributed by atoms with van der Waals surface area (Å²) in [7, 11) is 1.52. The van der Waals surface area contributed by atoms with Gasteiger partial charge in [-0.3, -0.25) is 14.4 Å². The topological polar surface area (TPSA) is 124 Å². The van der Waals surface area contributed by atoms with Crippen molar-refractivity contribution in [1.82, 2.24) is 14.5 Å². The summed E-state index contributed by atoms with van der Waals surface area (Å²) in [5, 5.41) is 11.7. The van der Waals surface area contributed by atoms with Crippen LogP contribution in [0, 0.1) is 5.82 Å². The van der Waals surface area contributed by atoms with Crippen molar-refractivity contribution in [2.24, 2.45) is 0 Å². The minimum absolute atomic E-state index is 0.0132. The molecule has 9 nitrogen and oxygen atoms in total. The van der Waals surface area contributed by atoms with Gasteiger partial charge in [0.1, 0.15) is 5.82 Å². The van der Waals surface area contributed by atoms with Crippen LogP contribution < -0.4 is 16.6 Å². The number of benzene rings is 2. The lowest BCUT2D eigenvalue weighted by molar-refractivity contribution is -0.137. The molecule has 186 valence electrons. The number of halogens is 2. The molecule has 0 bridgehead atoms. The first-order chi connectivity index (χ1) is 17.2. The number of rotatable bonds is 8. The molecule has 0 aliphatic rings. The van der Waals surface area contributed by atoms with Crippen molar-refractivity contribution in [1.29, 1.82) is 0 Å². The third-order valence-electron chi connectivity index (χ3n) is 5.49. The van der Waals surface area contributed by atoms with Crippen LogP contribution in [0.3, 0.4) is 0 Å². The van der Waals surface area contributed by atoms with Crippen LogP contribution in [0.5, 0.6) is 0 Å². The fourth-order valence-electron chi connectivity index (χ4n) is 3.71. The van der Waals surface area contributed by atoms with Crippen LogP contribution >= 0.6 is 22.9 Å². The molecule has 0 saturated heterocycles. The van der Waals surface area contributed by atoms with E-state index in [1.165, 1.54) is 53.6 Å². The molecule has 0 atom stereocenters. The van der Waals surface area contributed by atoms with E-state index in [1.54, 1.807) is 12.1 Å². The van der Waals surface area contributed by atoms with Gasteiger partial charge in [0, 0.05) is 24.0 Å². The van der Waals surface area contributed by atoms with E-state index in [4.69, 9.17) is 16.7 Å². The van der Waals surface area contributed by atoms with Gasteiger partial charge in [-0.1, -0.05) is 11.6 Å². The highest BCUT2D eigenvalue weighted by Gasteiger charge is 2.19. The molecule has 0 saturated carbocycles. The number of aliphatic carboxylic acids is 1. The molecule has 3 N–H and O–H groups in total. The van der Waals surface area contributed by atoms with Gasteiger partial charge in [0.2, 0.25) is 0 Å². The number of thiophene rings is 1. The summed E-state index contributed by atoms with van der Waals surface area (Å²) >= 11 is 7.26. The number of H-pyrrole nitrogens is 1. The smallest absolute Gasteiger partial charge is 0.333 e. The molecule has 2 aromatic carbocycles. The zero-order valence-corrected chi connectivity index (χ0v) is 20.5. The number of amides is 1. The molecule has 2 aromatic heterocycles. The Labute approximate surface area is 212 Å². The van der Waals surface area contributed by atoms with Gasteiger partial charge >= 0.3 is 11.7 Å². The molecule has 0 aliphatic heterocycles. The molecule has 36 heavy (non-hydrogen) atoms. The lowest BCUT2D eigenvalue weighted by Gasteiger charge is -2.21. The Hall–Kier alpha value is -3.96. The molecule has 2 heterocycles. The van der Waals surface area contributed by atoms with Crippen LogP contribution in [-0.2, 0) is 11.3 Å². The second kappa shape index (κ2) is 10.3. The standard InChI is InChI=1S/C24H20ClFN4O5S/c1-27-19-11-18-16(10-17(19)26)23(34)30(24(35)28-18)14-4-2-13(3-5-14)22(33)29(9-8-21(31)32)12-15-6-7-20(25)36-15/h2-7,10-11,27H,8-9,12H2,1H3,(H,28,35)(H,31,32). The van der Waals surface area contributed by atoms with Crippen LogP contribution in [0.2, 0.25) is 4.34 Å². The number of hydrogen-bond donors (Lipinski definition) is 3. The Bertz CT molecular complexity index is 1580. The summed E-state index contributed by atoms with van der Waals surface area (Å²) in [6.07, 6.45) is -0.239. The molecule has 0 radical (unpaired) electrons. The van der Waals surface area contributed by atoms with Gasteiger partial charge in [-0.25, -0.2) is 13.8 Å². The van der Waals surface area contributed by atoms with E-state index in [1.807, 2.05) is 0 Å². The zero-order chi connectivity index (χ0) is 26.0. The Morgan fingerprint density at radius 2 is 1.89 bits per heavy atom. The van der Waals surface area contributed by atoms with Gasteiger partial charge in [0.25, 0.3) is 11.5 Å². The highest BCUT2D eigenvalue weighted by Crippen LogP contribution is 2.24. The van der Waals surface area contributed by atoms with Crippen molar-refractivity contribution in [3.8, 4) is 5.69 Å². The van der Waals surface area contributed by atoms with E-state index in [9.17, 15) is 23.6 Å². The van der Waals surface area contributed by atoms with Crippen LogP contribution in [0.1, 0.15) is 21.7 Å². The third-order valence-corrected chi connectivity index (χ3v) is 6.70. The summed E-state index contributed by atoms with van der Waals surface area (Å²) in [4.78, 5) is 54.7. The Balaban J connectivity index is 1.66. The number of anilines is 1. The van der Waals surface area contributed by atoms with Gasteiger partial charge in [0.15, 0.2) is 0 Å². The van der Waals surface area contributed by atoms with Gasteiger partial charge in [-0.05, 0) is 48.5 Å². The Kier molecular flexibility index (Phi) is 7.22. The Morgan fingerprint density at radius 1 is 1.17 bits per heavy atom. The van der Waals surface area contributed by atoms with E-state index in [0.717, 1.165) is 15.5 Å². The summed E-state index contributed by atoms with van der Waals surface area (Å²) in [6.45, 7) is 0.157. The van der Waals surface area contributed by atoms with E-state index in [-0.39, 0.29) is 47.4 Å². The maximum absolute atomic E-state index is 14.2. The monoisotopic (exact) mass is 530 g/mol. The Morgan fingerprint density at radius 3 is 2.50 bits per heavy atom. The van der Waals surface area contributed by atoms with Crippen LogP contribution in [0.15, 0.2) is 58.1 Å². The second-order valence-corrected chi connectivity index (χ2v) is 9.62. The molecular weight excluding hydrogens is 511 g/mol. The number of nitrogens with one attached hydrogen (secondary N) is 2. The number of hydrogen-bond acceptors (Lipinski definition) is 6. The van der Waals surface area contributed by atoms with Gasteiger partial charge in [-0.2, -0.15) is 0 Å². The summed E-state index contributed by atoms with van der Waals surface area (Å²) in [5.74, 6) is -2.11. The molecule has 4 aromatic rings. The summed E-state index contributed by atoms with van der Waals surface area (Å²) < 4.78 is 15.6. The van der Waals surface area contributed by atoms with E-state index >= 15 is 0 Å². The lowest BCUT2D eigenvalue weighted by Crippen LogP contribution is -2.34. The molecule has 0 fully saturated rings. The number of nitrogens with zero attached hydrogens (tertiary/aromatic N) is 2. The third kappa shape index (κ3) is 5.16.